The first-order chi connectivity index (χ1) is 8.04. The van der Waals surface area contributed by atoms with E-state index in [0.29, 0.717) is 13.0 Å². The van der Waals surface area contributed by atoms with E-state index >= 15 is 0 Å². The number of nitrogens with one attached hydrogen (secondary N) is 1. The van der Waals surface area contributed by atoms with Crippen LogP contribution in [-0.4, -0.2) is 23.5 Å². The third-order valence-corrected chi connectivity index (χ3v) is 2.09. The summed E-state index contributed by atoms with van der Waals surface area (Å²) in [5.41, 5.74) is 5.05. The number of carboxylic acid groups (broad SMARTS) is 1. The number of benzene rings is 1. The Morgan fingerprint density at radius 1 is 1.41 bits per heavy atom. The fourth-order valence-corrected chi connectivity index (χ4v) is 1.28. The number of carbonyl (C=O) groups excluding carboxylic acids is 1. The Morgan fingerprint density at radius 2 is 2.12 bits per heavy atom. The highest BCUT2D eigenvalue weighted by Crippen LogP contribution is 2.17. The van der Waals surface area contributed by atoms with Gasteiger partial charge in [-0.05, 0) is 31.2 Å². The molecule has 0 unspecified atom stereocenters. The minimum Gasteiger partial charge on any atom is -0.478 e. The number of nitrogens with two attached hydrogens (primary N) is 1. The molecule has 0 spiro atoms. The van der Waals surface area contributed by atoms with Crippen LogP contribution in [0.5, 0.6) is 0 Å². The zero-order valence-electron chi connectivity index (χ0n) is 9.07. The minimum atomic E-state index is -1.22. The first kappa shape index (κ1) is 13.1. The lowest BCUT2D eigenvalue weighted by molar-refractivity contribution is -0.116. The van der Waals surface area contributed by atoms with E-state index in [1.165, 1.54) is 0 Å². The number of aromatic carboxylic acids is 1. The van der Waals surface area contributed by atoms with Gasteiger partial charge in [-0.2, -0.15) is 0 Å². The van der Waals surface area contributed by atoms with Crippen LogP contribution in [0.4, 0.5) is 10.1 Å². The lowest BCUT2D eigenvalue weighted by Crippen LogP contribution is -2.16. The Labute approximate surface area is 97.4 Å². The summed E-state index contributed by atoms with van der Waals surface area (Å²) in [6.45, 7) is 0.363. The summed E-state index contributed by atoms with van der Waals surface area (Å²) in [5.74, 6) is -2.22. The van der Waals surface area contributed by atoms with Gasteiger partial charge in [0.05, 0.1) is 11.3 Å². The molecule has 92 valence electrons. The van der Waals surface area contributed by atoms with E-state index in [-0.39, 0.29) is 23.6 Å². The van der Waals surface area contributed by atoms with Crippen LogP contribution < -0.4 is 11.1 Å². The van der Waals surface area contributed by atoms with Crippen molar-refractivity contribution in [3.8, 4) is 0 Å². The molecule has 0 fully saturated rings. The van der Waals surface area contributed by atoms with Crippen molar-refractivity contribution in [3.63, 3.8) is 0 Å². The van der Waals surface area contributed by atoms with Gasteiger partial charge in [0.15, 0.2) is 0 Å². The summed E-state index contributed by atoms with van der Waals surface area (Å²) in [6.07, 6.45) is 0.662. The van der Waals surface area contributed by atoms with Gasteiger partial charge in [-0.25, -0.2) is 9.18 Å². The highest BCUT2D eigenvalue weighted by atomic mass is 19.1. The van der Waals surface area contributed by atoms with Gasteiger partial charge in [-0.1, -0.05) is 0 Å². The average Bonchev–Trinajstić information content (AvgIpc) is 2.26. The third-order valence-electron chi connectivity index (χ3n) is 2.09. The number of carbonyl (C=O) groups is 2. The van der Waals surface area contributed by atoms with Gasteiger partial charge in [0, 0.05) is 6.42 Å². The van der Waals surface area contributed by atoms with Crippen LogP contribution in [-0.2, 0) is 4.79 Å². The summed E-state index contributed by atoms with van der Waals surface area (Å²) in [6, 6.07) is 3.11. The second kappa shape index (κ2) is 5.95. The van der Waals surface area contributed by atoms with Crippen LogP contribution in [0.15, 0.2) is 18.2 Å². The van der Waals surface area contributed by atoms with E-state index in [9.17, 15) is 14.0 Å². The van der Waals surface area contributed by atoms with Gasteiger partial charge in [0.1, 0.15) is 5.82 Å². The van der Waals surface area contributed by atoms with Crippen LogP contribution in [0.1, 0.15) is 23.2 Å². The number of amides is 1. The predicted octanol–water partition coefficient (Wildman–Crippen LogP) is 1.20. The predicted molar refractivity (Wildman–Crippen MR) is 60.3 cm³/mol. The van der Waals surface area contributed by atoms with E-state index in [2.05, 4.69) is 5.32 Å². The highest BCUT2D eigenvalue weighted by Gasteiger charge is 2.13. The molecule has 6 heteroatoms. The number of halogens is 1. The Hall–Kier alpha value is -1.95. The standard InChI is InChI=1S/C11H13FN2O3/c12-7-3-4-8(11(16)17)9(6-7)14-10(15)2-1-5-13/h3-4,6H,1-2,5,13H2,(H,14,15)(H,16,17). The number of rotatable bonds is 5. The summed E-state index contributed by atoms with van der Waals surface area (Å²) in [5, 5.41) is 11.2. The Morgan fingerprint density at radius 3 is 2.71 bits per heavy atom. The molecule has 0 bridgehead atoms. The van der Waals surface area contributed by atoms with Crippen LogP contribution in [0, 0.1) is 5.82 Å². The van der Waals surface area contributed by atoms with Crippen molar-refractivity contribution >= 4 is 17.6 Å². The molecular formula is C11H13FN2O3. The number of anilines is 1. The van der Waals surface area contributed by atoms with Crippen LogP contribution in [0.2, 0.25) is 0 Å². The average molecular weight is 240 g/mol. The zero-order valence-corrected chi connectivity index (χ0v) is 9.07. The molecule has 0 aliphatic rings. The molecule has 0 aliphatic carbocycles. The van der Waals surface area contributed by atoms with E-state index in [4.69, 9.17) is 10.8 Å². The maximum atomic E-state index is 12.9. The summed E-state index contributed by atoms with van der Waals surface area (Å²) in [4.78, 5) is 22.2. The quantitative estimate of drug-likeness (QED) is 0.721. The third kappa shape index (κ3) is 3.84. The summed E-state index contributed by atoms with van der Waals surface area (Å²) in [7, 11) is 0. The first-order valence-electron chi connectivity index (χ1n) is 5.07. The molecule has 17 heavy (non-hydrogen) atoms. The molecule has 1 aromatic carbocycles. The second-order valence-electron chi connectivity index (χ2n) is 3.44. The Bertz CT molecular complexity index is 435. The van der Waals surface area contributed by atoms with Gasteiger partial charge < -0.3 is 16.2 Å². The molecular weight excluding hydrogens is 227 g/mol. The Balaban J connectivity index is 2.85. The van der Waals surface area contributed by atoms with Gasteiger partial charge in [0.25, 0.3) is 0 Å². The lowest BCUT2D eigenvalue weighted by Gasteiger charge is -2.08. The maximum Gasteiger partial charge on any atom is 0.337 e. The van der Waals surface area contributed by atoms with E-state index in [1.54, 1.807) is 0 Å². The van der Waals surface area contributed by atoms with Crippen molar-refractivity contribution in [1.29, 1.82) is 0 Å². The molecule has 1 rings (SSSR count). The van der Waals surface area contributed by atoms with Gasteiger partial charge in [-0.15, -0.1) is 0 Å². The van der Waals surface area contributed by atoms with Gasteiger partial charge >= 0.3 is 5.97 Å². The van der Waals surface area contributed by atoms with Crippen molar-refractivity contribution in [2.45, 2.75) is 12.8 Å². The smallest absolute Gasteiger partial charge is 0.337 e. The monoisotopic (exact) mass is 240 g/mol. The molecule has 0 saturated carbocycles. The lowest BCUT2D eigenvalue weighted by atomic mass is 10.1. The van der Waals surface area contributed by atoms with Crippen molar-refractivity contribution < 1.29 is 19.1 Å². The zero-order chi connectivity index (χ0) is 12.8. The molecule has 4 N–H and O–H groups in total. The largest absolute Gasteiger partial charge is 0.478 e. The molecule has 0 aliphatic heterocycles. The molecule has 1 aromatic rings. The van der Waals surface area contributed by atoms with Gasteiger partial charge in [-0.3, -0.25) is 4.79 Å². The summed E-state index contributed by atoms with van der Waals surface area (Å²) < 4.78 is 12.9. The molecule has 0 saturated heterocycles. The second-order valence-corrected chi connectivity index (χ2v) is 3.44. The SMILES string of the molecule is NCCCC(=O)Nc1cc(F)ccc1C(=O)O. The maximum absolute atomic E-state index is 12.9. The fraction of sp³-hybridized carbons (Fsp3) is 0.273. The van der Waals surface area contributed by atoms with Crippen LogP contribution >= 0.6 is 0 Å². The molecule has 0 heterocycles. The molecule has 0 atom stereocenters. The fourth-order valence-electron chi connectivity index (χ4n) is 1.28. The van der Waals surface area contributed by atoms with Crippen molar-refractivity contribution in [1.82, 2.24) is 0 Å². The van der Waals surface area contributed by atoms with E-state index in [1.807, 2.05) is 0 Å². The normalized spacial score (nSPS) is 10.0. The van der Waals surface area contributed by atoms with Gasteiger partial charge in [0.2, 0.25) is 5.91 Å². The molecule has 1 amide bonds. The minimum absolute atomic E-state index is 0.0421. The van der Waals surface area contributed by atoms with E-state index < -0.39 is 11.8 Å². The van der Waals surface area contributed by atoms with Crippen molar-refractivity contribution in [3.05, 3.63) is 29.6 Å². The topological polar surface area (TPSA) is 92.4 Å². The van der Waals surface area contributed by atoms with Crippen molar-refractivity contribution in [2.24, 2.45) is 5.73 Å². The van der Waals surface area contributed by atoms with Crippen molar-refractivity contribution in [2.75, 3.05) is 11.9 Å². The summed E-state index contributed by atoms with van der Waals surface area (Å²) >= 11 is 0. The number of carboxylic acids is 1. The molecule has 0 radical (unpaired) electrons. The first-order valence-corrected chi connectivity index (χ1v) is 5.07. The highest BCUT2D eigenvalue weighted by molar-refractivity contribution is 6.00. The van der Waals surface area contributed by atoms with Crippen LogP contribution in [0.25, 0.3) is 0 Å². The number of hydrogen-bond donors (Lipinski definition) is 3. The molecule has 5 nitrogen and oxygen atoms in total. The Kier molecular flexibility index (Phi) is 4.59. The van der Waals surface area contributed by atoms with Crippen LogP contribution in [0.3, 0.4) is 0 Å². The van der Waals surface area contributed by atoms with E-state index in [0.717, 1.165) is 18.2 Å². The molecule has 0 aromatic heterocycles. The number of hydrogen-bond acceptors (Lipinski definition) is 3.